The van der Waals surface area contributed by atoms with Crippen LogP contribution in [-0.2, 0) is 12.8 Å². The summed E-state index contributed by atoms with van der Waals surface area (Å²) in [4.78, 5) is 11.5. The van der Waals surface area contributed by atoms with E-state index in [1.807, 2.05) is 0 Å². The molecule has 1 aromatic rings. The Labute approximate surface area is 115 Å². The Hall–Kier alpha value is -1.16. The van der Waals surface area contributed by atoms with Gasteiger partial charge in [0.25, 0.3) is 0 Å². The Morgan fingerprint density at radius 3 is 3.05 bits per heavy atom. The summed E-state index contributed by atoms with van der Waals surface area (Å²) in [6.07, 6.45) is 9.18. The van der Waals surface area contributed by atoms with E-state index in [-0.39, 0.29) is 0 Å². The van der Waals surface area contributed by atoms with Crippen LogP contribution in [0.15, 0.2) is 6.33 Å². The van der Waals surface area contributed by atoms with Crippen molar-refractivity contribution in [2.24, 2.45) is 0 Å². The number of anilines is 1. The summed E-state index contributed by atoms with van der Waals surface area (Å²) in [7, 11) is 0. The molecule has 1 aliphatic heterocycles. The molecule has 2 aliphatic rings. The number of hydrogen-bond donors (Lipinski definition) is 1. The maximum atomic E-state index is 4.46. The lowest BCUT2D eigenvalue weighted by Gasteiger charge is -2.24. The maximum absolute atomic E-state index is 4.46. The molecule has 1 aliphatic carbocycles. The van der Waals surface area contributed by atoms with Crippen molar-refractivity contribution in [3.63, 3.8) is 0 Å². The fourth-order valence-electron chi connectivity index (χ4n) is 3.43. The lowest BCUT2D eigenvalue weighted by molar-refractivity contribution is 0.277. The summed E-state index contributed by atoms with van der Waals surface area (Å²) in [6.45, 7) is 5.70. The van der Waals surface area contributed by atoms with Crippen molar-refractivity contribution in [1.29, 1.82) is 0 Å². The quantitative estimate of drug-likeness (QED) is 0.901. The molecule has 1 N–H and O–H groups in total. The zero-order valence-electron chi connectivity index (χ0n) is 11.9. The van der Waals surface area contributed by atoms with Crippen molar-refractivity contribution in [2.45, 2.75) is 51.5 Å². The summed E-state index contributed by atoms with van der Waals surface area (Å²) >= 11 is 0. The van der Waals surface area contributed by atoms with E-state index in [1.165, 1.54) is 43.5 Å². The fraction of sp³-hybridized carbons (Fsp3) is 0.733. The third kappa shape index (κ3) is 2.73. The lowest BCUT2D eigenvalue weighted by Crippen LogP contribution is -2.35. The van der Waals surface area contributed by atoms with Gasteiger partial charge in [0.15, 0.2) is 0 Å². The molecule has 3 rings (SSSR count). The highest BCUT2D eigenvalue weighted by Gasteiger charge is 2.23. The second-order valence-electron chi connectivity index (χ2n) is 5.66. The van der Waals surface area contributed by atoms with E-state index in [9.17, 15) is 0 Å². The number of hydrogen-bond acceptors (Lipinski definition) is 4. The summed E-state index contributed by atoms with van der Waals surface area (Å²) in [5.41, 5.74) is 2.64. The Morgan fingerprint density at radius 2 is 2.16 bits per heavy atom. The summed E-state index contributed by atoms with van der Waals surface area (Å²) < 4.78 is 0. The Balaban J connectivity index is 1.67. The van der Waals surface area contributed by atoms with E-state index in [0.29, 0.717) is 6.04 Å². The van der Waals surface area contributed by atoms with E-state index < -0.39 is 0 Å². The number of aryl methyl sites for hydroxylation is 1. The topological polar surface area (TPSA) is 41.0 Å². The molecule has 0 saturated carbocycles. The van der Waals surface area contributed by atoms with Gasteiger partial charge in [0, 0.05) is 23.8 Å². The van der Waals surface area contributed by atoms with Gasteiger partial charge in [-0.3, -0.25) is 4.90 Å². The second kappa shape index (κ2) is 5.87. The molecule has 1 saturated heterocycles. The van der Waals surface area contributed by atoms with E-state index >= 15 is 0 Å². The normalized spacial score (nSPS) is 23.3. The van der Waals surface area contributed by atoms with Crippen LogP contribution in [0.25, 0.3) is 0 Å². The first-order valence-corrected chi connectivity index (χ1v) is 7.69. The highest BCUT2D eigenvalue weighted by molar-refractivity contribution is 5.47. The van der Waals surface area contributed by atoms with Gasteiger partial charge in [-0.1, -0.05) is 6.92 Å². The van der Waals surface area contributed by atoms with Crippen LogP contribution in [-0.4, -0.2) is 40.5 Å². The molecule has 19 heavy (non-hydrogen) atoms. The number of aromatic nitrogens is 2. The molecule has 1 atom stereocenters. The van der Waals surface area contributed by atoms with Gasteiger partial charge in [-0.2, -0.15) is 0 Å². The number of likely N-dealkylation sites (N-methyl/N-ethyl adjacent to an activating group) is 1. The third-order valence-electron chi connectivity index (χ3n) is 4.54. The van der Waals surface area contributed by atoms with Crippen LogP contribution in [0.4, 0.5) is 5.82 Å². The van der Waals surface area contributed by atoms with Crippen LogP contribution in [0.2, 0.25) is 0 Å². The van der Waals surface area contributed by atoms with Crippen LogP contribution in [0.3, 0.4) is 0 Å². The average Bonchev–Trinajstić information content (AvgIpc) is 2.92. The maximum Gasteiger partial charge on any atom is 0.132 e. The van der Waals surface area contributed by atoms with E-state index in [1.54, 1.807) is 6.33 Å². The van der Waals surface area contributed by atoms with Gasteiger partial charge < -0.3 is 5.32 Å². The molecule has 1 unspecified atom stereocenters. The van der Waals surface area contributed by atoms with E-state index in [0.717, 1.165) is 31.7 Å². The first kappa shape index (κ1) is 12.9. The molecule has 0 spiro atoms. The molecule has 104 valence electrons. The summed E-state index contributed by atoms with van der Waals surface area (Å²) in [5.74, 6) is 1.09. The summed E-state index contributed by atoms with van der Waals surface area (Å²) in [5, 5.41) is 3.59. The number of nitrogens with zero attached hydrogens (tertiary/aromatic N) is 3. The minimum atomic E-state index is 0.680. The molecule has 0 amide bonds. The molecule has 2 heterocycles. The Bertz CT molecular complexity index is 432. The average molecular weight is 260 g/mol. The first-order valence-electron chi connectivity index (χ1n) is 7.69. The molecule has 1 fully saturated rings. The largest absolute Gasteiger partial charge is 0.368 e. The van der Waals surface area contributed by atoms with Gasteiger partial charge in [-0.05, 0) is 51.6 Å². The van der Waals surface area contributed by atoms with Crippen molar-refractivity contribution < 1.29 is 0 Å². The van der Waals surface area contributed by atoms with Crippen molar-refractivity contribution in [3.05, 3.63) is 17.6 Å². The molecular formula is C15H24N4. The Kier molecular flexibility index (Phi) is 3.97. The number of nitrogens with one attached hydrogen (secondary N) is 1. The molecule has 1 aromatic heterocycles. The highest BCUT2D eigenvalue weighted by Crippen LogP contribution is 2.25. The molecule has 0 aromatic carbocycles. The SMILES string of the molecule is CCN1CCCC1CNc1ncnc2c1CCCC2. The van der Waals surface area contributed by atoms with Gasteiger partial charge in [-0.15, -0.1) is 0 Å². The molecule has 0 radical (unpaired) electrons. The fourth-order valence-corrected chi connectivity index (χ4v) is 3.43. The van der Waals surface area contributed by atoms with Crippen molar-refractivity contribution in [3.8, 4) is 0 Å². The standard InChI is InChI=1S/C15H24N4/c1-2-19-9-5-6-12(19)10-16-15-13-7-3-4-8-14(13)17-11-18-15/h11-12H,2-10H2,1H3,(H,16,17,18). The molecule has 4 heteroatoms. The third-order valence-corrected chi connectivity index (χ3v) is 4.54. The van der Waals surface area contributed by atoms with Gasteiger partial charge in [0.2, 0.25) is 0 Å². The highest BCUT2D eigenvalue weighted by atomic mass is 15.2. The van der Waals surface area contributed by atoms with Crippen LogP contribution in [0.5, 0.6) is 0 Å². The molecule has 0 bridgehead atoms. The van der Waals surface area contributed by atoms with Gasteiger partial charge in [0.05, 0.1) is 0 Å². The molecular weight excluding hydrogens is 236 g/mol. The number of fused-ring (bicyclic) bond motifs is 1. The Morgan fingerprint density at radius 1 is 1.26 bits per heavy atom. The number of rotatable bonds is 4. The minimum absolute atomic E-state index is 0.680. The zero-order chi connectivity index (χ0) is 13.1. The van der Waals surface area contributed by atoms with E-state index in [4.69, 9.17) is 0 Å². The summed E-state index contributed by atoms with van der Waals surface area (Å²) in [6, 6.07) is 0.680. The monoisotopic (exact) mass is 260 g/mol. The second-order valence-corrected chi connectivity index (χ2v) is 5.66. The zero-order valence-corrected chi connectivity index (χ0v) is 11.9. The predicted octanol–water partition coefficient (Wildman–Crippen LogP) is 2.25. The lowest BCUT2D eigenvalue weighted by atomic mass is 9.96. The molecule has 4 nitrogen and oxygen atoms in total. The van der Waals surface area contributed by atoms with Crippen molar-refractivity contribution >= 4 is 5.82 Å². The van der Waals surface area contributed by atoms with Crippen LogP contribution in [0.1, 0.15) is 43.9 Å². The minimum Gasteiger partial charge on any atom is -0.368 e. The first-order chi connectivity index (χ1) is 9.38. The van der Waals surface area contributed by atoms with Gasteiger partial charge in [-0.25, -0.2) is 9.97 Å². The smallest absolute Gasteiger partial charge is 0.132 e. The van der Waals surface area contributed by atoms with Crippen molar-refractivity contribution in [1.82, 2.24) is 14.9 Å². The van der Waals surface area contributed by atoms with Crippen LogP contribution >= 0.6 is 0 Å². The number of likely N-dealkylation sites (tertiary alicyclic amines) is 1. The van der Waals surface area contributed by atoms with Crippen LogP contribution in [0, 0.1) is 0 Å². The van der Waals surface area contributed by atoms with Crippen molar-refractivity contribution in [2.75, 3.05) is 25.0 Å². The van der Waals surface area contributed by atoms with Crippen LogP contribution < -0.4 is 5.32 Å². The van der Waals surface area contributed by atoms with Gasteiger partial charge in [0.1, 0.15) is 12.1 Å². The van der Waals surface area contributed by atoms with Gasteiger partial charge >= 0.3 is 0 Å². The van der Waals surface area contributed by atoms with E-state index in [2.05, 4.69) is 27.1 Å². The predicted molar refractivity (Wildman–Crippen MR) is 77.4 cm³/mol.